The minimum atomic E-state index is -0.0155. The number of aromatic amines is 1. The molecule has 0 fully saturated rings. The van der Waals surface area contributed by atoms with Crippen LogP contribution in [0.3, 0.4) is 0 Å². The number of hydrogen-bond acceptors (Lipinski definition) is 3. The largest absolute Gasteiger partial charge is 0.383 e. The van der Waals surface area contributed by atoms with Gasteiger partial charge in [0.15, 0.2) is 0 Å². The summed E-state index contributed by atoms with van der Waals surface area (Å²) in [6, 6.07) is 8.15. The number of hydrogen-bond donors (Lipinski definition) is 3. The highest BCUT2D eigenvalue weighted by molar-refractivity contribution is 5.83. The number of nitrogens with one attached hydrogen (secondary N) is 3. The Balaban J connectivity index is 1.79. The molecule has 0 saturated heterocycles. The third-order valence-corrected chi connectivity index (χ3v) is 2.91. The molecule has 0 radical (unpaired) electrons. The van der Waals surface area contributed by atoms with E-state index in [4.69, 9.17) is 4.74 Å². The summed E-state index contributed by atoms with van der Waals surface area (Å²) in [6.07, 6.45) is 1.92. The predicted octanol–water partition coefficient (Wildman–Crippen LogP) is 1.02. The van der Waals surface area contributed by atoms with E-state index in [2.05, 4.69) is 21.7 Å². The van der Waals surface area contributed by atoms with Gasteiger partial charge in [0.2, 0.25) is 5.91 Å². The summed E-state index contributed by atoms with van der Waals surface area (Å²) in [6.45, 7) is 2.07. The third kappa shape index (κ3) is 3.81. The molecule has 2 rings (SSSR count). The summed E-state index contributed by atoms with van der Waals surface area (Å²) in [5, 5.41) is 7.10. The number of amides is 1. The smallest absolute Gasteiger partial charge is 0.234 e. The van der Waals surface area contributed by atoms with E-state index in [0.29, 0.717) is 26.2 Å². The van der Waals surface area contributed by atoms with Crippen molar-refractivity contribution >= 4 is 16.8 Å². The molecule has 1 amide bonds. The monoisotopic (exact) mass is 261 g/mol. The standard InChI is InChI=1S/C14H19N3O2/c1-19-8-7-17-14(18)10-15-9-11-3-2-4-13-12(11)5-6-16-13/h2-6,15-16H,7-10H2,1H3,(H,17,18). The fourth-order valence-corrected chi connectivity index (χ4v) is 1.97. The Bertz CT molecular complexity index is 536. The second-order valence-electron chi connectivity index (χ2n) is 4.30. The van der Waals surface area contributed by atoms with Crippen LogP contribution in [-0.4, -0.2) is 37.7 Å². The number of H-pyrrole nitrogens is 1. The number of benzene rings is 1. The molecule has 19 heavy (non-hydrogen) atoms. The van der Waals surface area contributed by atoms with Crippen molar-refractivity contribution in [3.05, 3.63) is 36.0 Å². The van der Waals surface area contributed by atoms with E-state index in [9.17, 15) is 4.79 Å². The highest BCUT2D eigenvalue weighted by atomic mass is 16.5. The van der Waals surface area contributed by atoms with Gasteiger partial charge in [0, 0.05) is 37.3 Å². The van der Waals surface area contributed by atoms with Crippen molar-refractivity contribution in [2.24, 2.45) is 0 Å². The molecule has 0 aliphatic heterocycles. The molecule has 0 spiro atoms. The Morgan fingerprint density at radius 1 is 1.37 bits per heavy atom. The molecular formula is C14H19N3O2. The first kappa shape index (κ1) is 13.6. The SMILES string of the molecule is COCCNC(=O)CNCc1cccc2[nH]ccc12. The van der Waals surface area contributed by atoms with E-state index in [0.717, 1.165) is 5.52 Å². The maximum atomic E-state index is 11.5. The Hall–Kier alpha value is -1.85. The van der Waals surface area contributed by atoms with Gasteiger partial charge in [-0.3, -0.25) is 4.79 Å². The summed E-state index contributed by atoms with van der Waals surface area (Å²) >= 11 is 0. The maximum Gasteiger partial charge on any atom is 0.234 e. The average molecular weight is 261 g/mol. The van der Waals surface area contributed by atoms with Gasteiger partial charge in [-0.25, -0.2) is 0 Å². The molecular weight excluding hydrogens is 242 g/mol. The predicted molar refractivity (Wildman–Crippen MR) is 74.9 cm³/mol. The molecule has 1 heterocycles. The van der Waals surface area contributed by atoms with Gasteiger partial charge in [-0.05, 0) is 17.7 Å². The van der Waals surface area contributed by atoms with Crippen molar-refractivity contribution in [1.82, 2.24) is 15.6 Å². The highest BCUT2D eigenvalue weighted by Crippen LogP contribution is 2.16. The van der Waals surface area contributed by atoms with Crippen LogP contribution in [-0.2, 0) is 16.1 Å². The number of carbonyl (C=O) groups excluding carboxylic acids is 1. The van der Waals surface area contributed by atoms with Crippen molar-refractivity contribution in [3.8, 4) is 0 Å². The Labute approximate surface area is 112 Å². The van der Waals surface area contributed by atoms with Gasteiger partial charge in [0.05, 0.1) is 13.2 Å². The van der Waals surface area contributed by atoms with E-state index in [1.54, 1.807) is 7.11 Å². The number of methoxy groups -OCH3 is 1. The summed E-state index contributed by atoms with van der Waals surface area (Å²) in [5.41, 5.74) is 2.30. The fourth-order valence-electron chi connectivity index (χ4n) is 1.97. The molecule has 1 aromatic carbocycles. The molecule has 0 saturated carbocycles. The van der Waals surface area contributed by atoms with Crippen LogP contribution in [0.5, 0.6) is 0 Å². The van der Waals surface area contributed by atoms with E-state index in [1.165, 1.54) is 10.9 Å². The topological polar surface area (TPSA) is 66.2 Å². The lowest BCUT2D eigenvalue weighted by atomic mass is 10.1. The van der Waals surface area contributed by atoms with E-state index in [-0.39, 0.29) is 5.91 Å². The number of fused-ring (bicyclic) bond motifs is 1. The van der Waals surface area contributed by atoms with E-state index in [1.807, 2.05) is 24.4 Å². The van der Waals surface area contributed by atoms with Crippen molar-refractivity contribution in [1.29, 1.82) is 0 Å². The number of aromatic nitrogens is 1. The zero-order valence-corrected chi connectivity index (χ0v) is 11.0. The lowest BCUT2D eigenvalue weighted by molar-refractivity contribution is -0.120. The zero-order chi connectivity index (χ0) is 13.5. The lowest BCUT2D eigenvalue weighted by Gasteiger charge is -2.07. The highest BCUT2D eigenvalue weighted by Gasteiger charge is 2.03. The Morgan fingerprint density at radius 2 is 2.26 bits per heavy atom. The Kier molecular flexibility index (Phi) is 4.94. The second-order valence-corrected chi connectivity index (χ2v) is 4.30. The van der Waals surface area contributed by atoms with Crippen molar-refractivity contribution in [2.75, 3.05) is 26.8 Å². The first-order valence-corrected chi connectivity index (χ1v) is 6.32. The first-order chi connectivity index (χ1) is 9.31. The molecule has 5 nitrogen and oxygen atoms in total. The average Bonchev–Trinajstić information content (AvgIpc) is 2.88. The lowest BCUT2D eigenvalue weighted by Crippen LogP contribution is -2.35. The van der Waals surface area contributed by atoms with E-state index >= 15 is 0 Å². The van der Waals surface area contributed by atoms with Crippen molar-refractivity contribution in [2.45, 2.75) is 6.54 Å². The Morgan fingerprint density at radius 3 is 3.11 bits per heavy atom. The van der Waals surface area contributed by atoms with Crippen LogP contribution in [0.15, 0.2) is 30.5 Å². The number of rotatable bonds is 7. The van der Waals surface area contributed by atoms with Gasteiger partial charge in [-0.15, -0.1) is 0 Å². The molecule has 1 aromatic heterocycles. The van der Waals surface area contributed by atoms with Crippen LogP contribution in [0, 0.1) is 0 Å². The molecule has 5 heteroatoms. The fraction of sp³-hybridized carbons (Fsp3) is 0.357. The molecule has 0 bridgehead atoms. The maximum absolute atomic E-state index is 11.5. The van der Waals surface area contributed by atoms with Gasteiger partial charge in [-0.1, -0.05) is 12.1 Å². The van der Waals surface area contributed by atoms with Crippen molar-refractivity contribution in [3.63, 3.8) is 0 Å². The van der Waals surface area contributed by atoms with Crippen LogP contribution >= 0.6 is 0 Å². The summed E-state index contributed by atoms with van der Waals surface area (Å²) in [4.78, 5) is 14.7. The van der Waals surface area contributed by atoms with Gasteiger partial charge >= 0.3 is 0 Å². The molecule has 0 aliphatic rings. The van der Waals surface area contributed by atoms with Crippen LogP contribution in [0.1, 0.15) is 5.56 Å². The summed E-state index contributed by atoms with van der Waals surface area (Å²) in [5.74, 6) is -0.0155. The van der Waals surface area contributed by atoms with Gasteiger partial charge in [-0.2, -0.15) is 0 Å². The van der Waals surface area contributed by atoms with Gasteiger partial charge < -0.3 is 20.4 Å². The molecule has 2 aromatic rings. The minimum absolute atomic E-state index is 0.0155. The number of carbonyl (C=O) groups is 1. The molecule has 0 unspecified atom stereocenters. The summed E-state index contributed by atoms with van der Waals surface area (Å²) < 4.78 is 4.87. The van der Waals surface area contributed by atoms with Crippen LogP contribution in [0.25, 0.3) is 10.9 Å². The normalized spacial score (nSPS) is 10.8. The third-order valence-electron chi connectivity index (χ3n) is 2.91. The van der Waals surface area contributed by atoms with Crippen molar-refractivity contribution < 1.29 is 9.53 Å². The zero-order valence-electron chi connectivity index (χ0n) is 11.0. The van der Waals surface area contributed by atoms with Gasteiger partial charge in [0.1, 0.15) is 0 Å². The second kappa shape index (κ2) is 6.92. The minimum Gasteiger partial charge on any atom is -0.383 e. The molecule has 0 atom stereocenters. The quantitative estimate of drug-likeness (QED) is 0.652. The van der Waals surface area contributed by atoms with Crippen LogP contribution < -0.4 is 10.6 Å². The molecule has 3 N–H and O–H groups in total. The van der Waals surface area contributed by atoms with Crippen LogP contribution in [0.4, 0.5) is 0 Å². The summed E-state index contributed by atoms with van der Waals surface area (Å²) in [7, 11) is 1.61. The van der Waals surface area contributed by atoms with E-state index < -0.39 is 0 Å². The molecule has 0 aliphatic carbocycles. The number of ether oxygens (including phenoxy) is 1. The van der Waals surface area contributed by atoms with Crippen LogP contribution in [0.2, 0.25) is 0 Å². The first-order valence-electron chi connectivity index (χ1n) is 6.32. The van der Waals surface area contributed by atoms with Gasteiger partial charge in [0.25, 0.3) is 0 Å². The molecule has 102 valence electrons.